The highest BCUT2D eigenvalue weighted by molar-refractivity contribution is 5.75. The van der Waals surface area contributed by atoms with E-state index in [9.17, 15) is 15.0 Å². The molecule has 3 atom stereocenters. The normalized spacial score (nSPS) is 23.9. The zero-order valence-electron chi connectivity index (χ0n) is 20.4. The van der Waals surface area contributed by atoms with Gasteiger partial charge in [0.05, 0.1) is 18.3 Å². The van der Waals surface area contributed by atoms with Crippen molar-refractivity contribution in [3.05, 3.63) is 64.7 Å². The number of ketones is 1. The maximum absolute atomic E-state index is 11.3. The van der Waals surface area contributed by atoms with Gasteiger partial charge < -0.3 is 29.4 Å². The van der Waals surface area contributed by atoms with Gasteiger partial charge in [-0.05, 0) is 63.1 Å². The van der Waals surface area contributed by atoms with Crippen molar-refractivity contribution < 1.29 is 24.5 Å². The minimum absolute atomic E-state index is 0.00161. The van der Waals surface area contributed by atoms with E-state index in [1.807, 2.05) is 18.2 Å². The van der Waals surface area contributed by atoms with Crippen LogP contribution in [0.2, 0.25) is 0 Å². The van der Waals surface area contributed by atoms with E-state index in [4.69, 9.17) is 9.47 Å². The standard InChI is InChI=1S/C29H35NO5/c1-19(31)9-3-2-4-10-21-18-34-29(35-28(21)22-12-5-6-14-25(22)32)24-17-20-11-7-15-30-16-8-13-23(26(20)30)27(24)33/h2,4-6,12,14,17,21,28-29,32-33H,3,7-11,13,15-16,18H2,1H3/b4-2-/t21-,28+,29+/m1/s1. The summed E-state index contributed by atoms with van der Waals surface area (Å²) in [6.45, 7) is 4.14. The van der Waals surface area contributed by atoms with Crippen molar-refractivity contribution in [3.8, 4) is 11.5 Å². The fourth-order valence-electron chi connectivity index (χ4n) is 5.72. The molecule has 186 valence electrons. The lowest BCUT2D eigenvalue weighted by atomic mass is 9.88. The molecular weight excluding hydrogens is 442 g/mol. The first kappa shape index (κ1) is 23.9. The number of allylic oxidation sites excluding steroid dienone is 2. The number of hydrogen-bond donors (Lipinski definition) is 2. The highest BCUT2D eigenvalue weighted by atomic mass is 16.7. The summed E-state index contributed by atoms with van der Waals surface area (Å²) in [6, 6.07) is 9.34. The molecule has 1 fully saturated rings. The van der Waals surface area contributed by atoms with Crippen LogP contribution < -0.4 is 4.90 Å². The second kappa shape index (κ2) is 10.4. The van der Waals surface area contributed by atoms with Crippen molar-refractivity contribution in [2.24, 2.45) is 5.92 Å². The SMILES string of the molecule is CC(=O)CC/C=C\C[C@@H]1CO[C@H](c2cc3c4c(c2O)CCCN4CCC3)O[C@@H]1c1ccccc1O. The van der Waals surface area contributed by atoms with Gasteiger partial charge in [-0.1, -0.05) is 30.4 Å². The van der Waals surface area contributed by atoms with E-state index >= 15 is 0 Å². The van der Waals surface area contributed by atoms with Crippen molar-refractivity contribution >= 4 is 11.5 Å². The van der Waals surface area contributed by atoms with E-state index in [2.05, 4.69) is 17.0 Å². The number of aryl methyl sites for hydroxylation is 1. The smallest absolute Gasteiger partial charge is 0.188 e. The molecule has 1 saturated heterocycles. The van der Waals surface area contributed by atoms with Gasteiger partial charge in [0.25, 0.3) is 0 Å². The lowest BCUT2D eigenvalue weighted by Gasteiger charge is -2.40. The molecule has 0 saturated carbocycles. The number of carbonyl (C=O) groups is 1. The fourth-order valence-corrected chi connectivity index (χ4v) is 5.72. The van der Waals surface area contributed by atoms with Gasteiger partial charge in [-0.2, -0.15) is 0 Å². The third kappa shape index (κ3) is 4.95. The molecule has 0 bridgehead atoms. The van der Waals surface area contributed by atoms with Crippen LogP contribution in [0.15, 0.2) is 42.5 Å². The highest BCUT2D eigenvalue weighted by Crippen LogP contribution is 2.48. The number of hydrogen-bond acceptors (Lipinski definition) is 6. The molecule has 0 amide bonds. The average Bonchev–Trinajstić information content (AvgIpc) is 2.86. The number of rotatable bonds is 7. The van der Waals surface area contributed by atoms with E-state index in [1.165, 1.54) is 11.3 Å². The van der Waals surface area contributed by atoms with Crippen molar-refractivity contribution in [1.29, 1.82) is 0 Å². The number of phenols is 2. The summed E-state index contributed by atoms with van der Waals surface area (Å²) in [4.78, 5) is 13.6. The Morgan fingerprint density at radius 2 is 1.91 bits per heavy atom. The van der Waals surface area contributed by atoms with Gasteiger partial charge in [-0.15, -0.1) is 0 Å². The third-order valence-corrected chi connectivity index (χ3v) is 7.45. The lowest BCUT2D eigenvalue weighted by Crippen LogP contribution is -2.35. The Morgan fingerprint density at radius 3 is 2.71 bits per heavy atom. The summed E-state index contributed by atoms with van der Waals surface area (Å²) >= 11 is 0. The average molecular weight is 478 g/mol. The van der Waals surface area contributed by atoms with Crippen LogP contribution in [0.3, 0.4) is 0 Å². The first-order valence-corrected chi connectivity index (χ1v) is 12.8. The van der Waals surface area contributed by atoms with Crippen LogP contribution in [-0.2, 0) is 27.1 Å². The summed E-state index contributed by atoms with van der Waals surface area (Å²) in [5, 5.41) is 21.9. The van der Waals surface area contributed by atoms with E-state index in [1.54, 1.807) is 19.1 Å². The Hall–Kier alpha value is -2.83. The lowest BCUT2D eigenvalue weighted by molar-refractivity contribution is -0.244. The summed E-state index contributed by atoms with van der Waals surface area (Å²) in [5.74, 6) is 0.672. The Kier molecular flexibility index (Phi) is 7.12. The minimum Gasteiger partial charge on any atom is -0.508 e. The van der Waals surface area contributed by atoms with E-state index < -0.39 is 6.29 Å². The Morgan fingerprint density at radius 1 is 1.11 bits per heavy atom. The Balaban J connectivity index is 1.42. The molecule has 0 spiro atoms. The predicted molar refractivity (Wildman–Crippen MR) is 135 cm³/mol. The van der Waals surface area contributed by atoms with E-state index in [-0.39, 0.29) is 23.6 Å². The summed E-state index contributed by atoms with van der Waals surface area (Å²) in [7, 11) is 0. The molecule has 6 nitrogen and oxygen atoms in total. The molecule has 35 heavy (non-hydrogen) atoms. The largest absolute Gasteiger partial charge is 0.508 e. The Labute approximate surface area is 207 Å². The maximum Gasteiger partial charge on any atom is 0.188 e. The molecular formula is C29H35NO5. The number of carbonyl (C=O) groups excluding carboxylic acids is 1. The minimum atomic E-state index is -0.698. The molecule has 3 aliphatic rings. The molecule has 0 radical (unpaired) electrons. The number of ether oxygens (including phenoxy) is 2. The van der Waals surface area contributed by atoms with Gasteiger partial charge in [0.2, 0.25) is 0 Å². The second-order valence-electron chi connectivity index (χ2n) is 9.98. The first-order valence-electron chi connectivity index (χ1n) is 12.8. The van der Waals surface area contributed by atoms with Gasteiger partial charge in [0.15, 0.2) is 6.29 Å². The van der Waals surface area contributed by atoms with Crippen LogP contribution in [0.4, 0.5) is 5.69 Å². The number of benzene rings is 2. The molecule has 0 unspecified atom stereocenters. The molecule has 2 aromatic carbocycles. The first-order chi connectivity index (χ1) is 17.0. The van der Waals surface area contributed by atoms with Crippen LogP contribution in [0.25, 0.3) is 0 Å². The third-order valence-electron chi connectivity index (χ3n) is 7.45. The number of phenolic OH excluding ortho intramolecular Hbond substituents is 2. The topological polar surface area (TPSA) is 79.2 Å². The van der Waals surface area contributed by atoms with Crippen molar-refractivity contribution in [1.82, 2.24) is 0 Å². The number of nitrogens with zero attached hydrogens (tertiary/aromatic N) is 1. The summed E-state index contributed by atoms with van der Waals surface area (Å²) in [6.07, 6.45) is 9.00. The fraction of sp³-hybridized carbons (Fsp3) is 0.483. The van der Waals surface area contributed by atoms with Gasteiger partial charge >= 0.3 is 0 Å². The van der Waals surface area contributed by atoms with Crippen molar-refractivity contribution in [2.75, 3.05) is 24.6 Å². The summed E-state index contributed by atoms with van der Waals surface area (Å²) in [5.41, 5.74) is 4.92. The van der Waals surface area contributed by atoms with Crippen LogP contribution >= 0.6 is 0 Å². The van der Waals surface area contributed by atoms with Crippen LogP contribution in [0, 0.1) is 5.92 Å². The van der Waals surface area contributed by atoms with Crippen molar-refractivity contribution in [3.63, 3.8) is 0 Å². The Bertz CT molecular complexity index is 1110. The zero-order valence-corrected chi connectivity index (χ0v) is 20.4. The van der Waals surface area contributed by atoms with Crippen LogP contribution in [0.1, 0.15) is 73.7 Å². The molecule has 3 heterocycles. The van der Waals surface area contributed by atoms with Crippen LogP contribution in [-0.4, -0.2) is 35.7 Å². The van der Waals surface area contributed by atoms with Crippen molar-refractivity contribution in [2.45, 2.75) is 64.3 Å². The number of para-hydroxylation sites is 1. The van der Waals surface area contributed by atoms with Gasteiger partial charge in [-0.3, -0.25) is 0 Å². The monoisotopic (exact) mass is 477 g/mol. The quantitative estimate of drug-likeness (QED) is 0.512. The maximum atomic E-state index is 11.3. The van der Waals surface area contributed by atoms with Crippen LogP contribution in [0.5, 0.6) is 11.5 Å². The highest BCUT2D eigenvalue weighted by Gasteiger charge is 2.37. The molecule has 3 aliphatic heterocycles. The van der Waals surface area contributed by atoms with E-state index in [0.717, 1.165) is 56.3 Å². The molecule has 5 rings (SSSR count). The second-order valence-corrected chi connectivity index (χ2v) is 9.98. The number of Topliss-reactive ketones (excluding diaryl/α,β-unsaturated/α-hetero) is 1. The molecule has 6 heteroatoms. The van der Waals surface area contributed by atoms with Gasteiger partial charge in [0.1, 0.15) is 17.3 Å². The molecule has 0 aliphatic carbocycles. The zero-order chi connectivity index (χ0) is 24.4. The van der Waals surface area contributed by atoms with E-state index in [0.29, 0.717) is 30.8 Å². The molecule has 2 N–H and O–H groups in total. The summed E-state index contributed by atoms with van der Waals surface area (Å²) < 4.78 is 12.7. The predicted octanol–water partition coefficient (Wildman–Crippen LogP) is 5.52. The van der Waals surface area contributed by atoms with Gasteiger partial charge in [-0.25, -0.2) is 0 Å². The molecule has 0 aromatic heterocycles. The molecule has 2 aromatic rings. The number of anilines is 1. The van der Waals surface area contributed by atoms with Gasteiger partial charge in [0, 0.05) is 42.2 Å². The number of aromatic hydroxyl groups is 2.